The second kappa shape index (κ2) is 5.62. The Morgan fingerprint density at radius 1 is 1.21 bits per heavy atom. The van der Waals surface area contributed by atoms with Crippen LogP contribution in [0.4, 0.5) is 0 Å². The maximum atomic E-state index is 5.69. The summed E-state index contributed by atoms with van der Waals surface area (Å²) < 4.78 is 0. The molecular weight excluding hydrogens is 176 g/mol. The molecule has 1 aromatic rings. The predicted molar refractivity (Wildman–Crippen MR) is 57.9 cm³/mol. The lowest BCUT2D eigenvalue weighted by atomic mass is 10.2. The summed E-state index contributed by atoms with van der Waals surface area (Å²) in [5, 5.41) is 1.90. The fourth-order valence-electron chi connectivity index (χ4n) is 1.25. The van der Waals surface area contributed by atoms with E-state index in [2.05, 4.69) is 13.8 Å². The van der Waals surface area contributed by atoms with Crippen molar-refractivity contribution >= 4 is 0 Å². The number of rotatable bonds is 5. The average molecular weight is 194 g/mol. The highest BCUT2D eigenvalue weighted by atomic mass is 16.7. The molecule has 2 N–H and O–H groups in total. The van der Waals surface area contributed by atoms with Crippen molar-refractivity contribution in [2.24, 2.45) is 5.73 Å². The summed E-state index contributed by atoms with van der Waals surface area (Å²) in [5.41, 5.74) is 6.65. The summed E-state index contributed by atoms with van der Waals surface area (Å²) in [4.78, 5) is 5.69. The van der Waals surface area contributed by atoms with Gasteiger partial charge in [-0.2, -0.15) is 0 Å². The van der Waals surface area contributed by atoms with Crippen LogP contribution in [0.15, 0.2) is 24.3 Å². The molecule has 3 heteroatoms. The number of hydrogen-bond donors (Lipinski definition) is 1. The largest absolute Gasteiger partial charge is 0.406 e. The van der Waals surface area contributed by atoms with Gasteiger partial charge in [0.2, 0.25) is 0 Å². The third-order valence-electron chi connectivity index (χ3n) is 2.13. The van der Waals surface area contributed by atoms with E-state index in [9.17, 15) is 0 Å². The molecule has 0 saturated carbocycles. The number of nitrogens with two attached hydrogens (primary N) is 1. The summed E-state index contributed by atoms with van der Waals surface area (Å²) >= 11 is 0. The second-order valence-corrected chi connectivity index (χ2v) is 3.02. The molecule has 0 fully saturated rings. The van der Waals surface area contributed by atoms with E-state index >= 15 is 0 Å². The van der Waals surface area contributed by atoms with Gasteiger partial charge in [-0.25, -0.2) is 0 Å². The van der Waals surface area contributed by atoms with E-state index in [1.165, 1.54) is 0 Å². The van der Waals surface area contributed by atoms with Gasteiger partial charge in [-0.3, -0.25) is 0 Å². The van der Waals surface area contributed by atoms with Crippen LogP contribution in [0.5, 0.6) is 5.75 Å². The van der Waals surface area contributed by atoms with Gasteiger partial charge in [-0.1, -0.05) is 18.2 Å². The van der Waals surface area contributed by atoms with E-state index in [0.717, 1.165) is 24.4 Å². The van der Waals surface area contributed by atoms with Crippen molar-refractivity contribution in [1.82, 2.24) is 5.06 Å². The van der Waals surface area contributed by atoms with E-state index in [1.54, 1.807) is 0 Å². The van der Waals surface area contributed by atoms with E-state index in [0.29, 0.717) is 6.54 Å². The Morgan fingerprint density at radius 3 is 2.43 bits per heavy atom. The molecule has 0 aliphatic heterocycles. The summed E-state index contributed by atoms with van der Waals surface area (Å²) in [7, 11) is 0. The molecule has 78 valence electrons. The molecule has 0 heterocycles. The number of benzene rings is 1. The molecule has 0 bridgehead atoms. The summed E-state index contributed by atoms with van der Waals surface area (Å²) in [5.74, 6) is 0.860. The molecule has 14 heavy (non-hydrogen) atoms. The normalized spacial score (nSPS) is 10.6. The number of para-hydroxylation sites is 1. The molecule has 0 radical (unpaired) electrons. The van der Waals surface area contributed by atoms with Crippen LogP contribution < -0.4 is 10.6 Å². The van der Waals surface area contributed by atoms with Crippen LogP contribution >= 0.6 is 0 Å². The number of hydrogen-bond acceptors (Lipinski definition) is 3. The van der Waals surface area contributed by atoms with Gasteiger partial charge in [-0.15, -0.1) is 5.06 Å². The summed E-state index contributed by atoms with van der Waals surface area (Å²) in [6, 6.07) is 7.86. The van der Waals surface area contributed by atoms with Crippen molar-refractivity contribution in [2.75, 3.05) is 13.1 Å². The molecule has 0 spiro atoms. The summed E-state index contributed by atoms with van der Waals surface area (Å²) in [6.45, 7) is 6.38. The van der Waals surface area contributed by atoms with Crippen molar-refractivity contribution in [3.8, 4) is 5.75 Å². The quantitative estimate of drug-likeness (QED) is 0.726. The molecular formula is C11H18N2O. The molecule has 0 amide bonds. The SMILES string of the molecule is CCN(CC)Oc1ccccc1CN. The molecule has 0 aromatic heterocycles. The Balaban J connectivity index is 2.74. The van der Waals surface area contributed by atoms with Crippen LogP contribution in [0.1, 0.15) is 19.4 Å². The highest BCUT2D eigenvalue weighted by molar-refractivity contribution is 5.32. The molecule has 1 aromatic carbocycles. The predicted octanol–water partition coefficient (Wildman–Crippen LogP) is 1.78. The Labute approximate surface area is 85.4 Å². The van der Waals surface area contributed by atoms with Crippen molar-refractivity contribution in [2.45, 2.75) is 20.4 Å². The van der Waals surface area contributed by atoms with Crippen LogP contribution in [-0.2, 0) is 6.54 Å². The van der Waals surface area contributed by atoms with Crippen LogP contribution in [0.2, 0.25) is 0 Å². The Hall–Kier alpha value is -1.06. The van der Waals surface area contributed by atoms with Crippen molar-refractivity contribution < 1.29 is 4.84 Å². The topological polar surface area (TPSA) is 38.5 Å². The zero-order chi connectivity index (χ0) is 10.4. The van der Waals surface area contributed by atoms with Gasteiger partial charge in [-0.05, 0) is 19.9 Å². The van der Waals surface area contributed by atoms with Gasteiger partial charge < -0.3 is 10.6 Å². The van der Waals surface area contributed by atoms with Crippen molar-refractivity contribution in [3.05, 3.63) is 29.8 Å². The standard InChI is InChI=1S/C11H18N2O/c1-3-13(4-2)14-11-8-6-5-7-10(11)9-12/h5-8H,3-4,9,12H2,1-2H3. The Bertz CT molecular complexity index is 272. The third-order valence-corrected chi connectivity index (χ3v) is 2.13. The van der Waals surface area contributed by atoms with E-state index < -0.39 is 0 Å². The monoisotopic (exact) mass is 194 g/mol. The van der Waals surface area contributed by atoms with Crippen LogP contribution in [0, 0.1) is 0 Å². The average Bonchev–Trinajstić information content (AvgIpc) is 2.26. The second-order valence-electron chi connectivity index (χ2n) is 3.02. The highest BCUT2D eigenvalue weighted by Gasteiger charge is 2.05. The first-order valence-electron chi connectivity index (χ1n) is 5.02. The Kier molecular flexibility index (Phi) is 4.43. The first-order chi connectivity index (χ1) is 6.81. The van der Waals surface area contributed by atoms with Crippen molar-refractivity contribution in [1.29, 1.82) is 0 Å². The zero-order valence-electron chi connectivity index (χ0n) is 8.86. The van der Waals surface area contributed by atoms with Crippen LogP contribution in [-0.4, -0.2) is 18.2 Å². The summed E-state index contributed by atoms with van der Waals surface area (Å²) in [6.07, 6.45) is 0. The molecule has 0 atom stereocenters. The van der Waals surface area contributed by atoms with Gasteiger partial charge in [0.1, 0.15) is 0 Å². The minimum Gasteiger partial charge on any atom is -0.406 e. The Morgan fingerprint density at radius 2 is 1.86 bits per heavy atom. The molecule has 3 nitrogen and oxygen atoms in total. The number of nitrogens with zero attached hydrogens (tertiary/aromatic N) is 1. The van der Waals surface area contributed by atoms with E-state index in [4.69, 9.17) is 10.6 Å². The maximum absolute atomic E-state index is 5.69. The fraction of sp³-hybridized carbons (Fsp3) is 0.455. The molecule has 0 aliphatic carbocycles. The number of hydroxylamine groups is 2. The lowest BCUT2D eigenvalue weighted by Gasteiger charge is -2.20. The minimum atomic E-state index is 0.511. The first kappa shape index (κ1) is 11.0. The van der Waals surface area contributed by atoms with Gasteiger partial charge in [0.15, 0.2) is 5.75 Å². The first-order valence-corrected chi connectivity index (χ1v) is 5.02. The third kappa shape index (κ3) is 2.72. The van der Waals surface area contributed by atoms with Gasteiger partial charge in [0.25, 0.3) is 0 Å². The maximum Gasteiger partial charge on any atom is 0.151 e. The fourth-order valence-corrected chi connectivity index (χ4v) is 1.25. The molecule has 1 rings (SSSR count). The van der Waals surface area contributed by atoms with Gasteiger partial charge in [0, 0.05) is 25.2 Å². The molecule has 0 aliphatic rings. The van der Waals surface area contributed by atoms with Crippen molar-refractivity contribution in [3.63, 3.8) is 0 Å². The molecule has 0 saturated heterocycles. The lowest BCUT2D eigenvalue weighted by molar-refractivity contribution is -0.0494. The lowest BCUT2D eigenvalue weighted by Crippen LogP contribution is -2.27. The highest BCUT2D eigenvalue weighted by Crippen LogP contribution is 2.17. The smallest absolute Gasteiger partial charge is 0.151 e. The zero-order valence-corrected chi connectivity index (χ0v) is 8.86. The van der Waals surface area contributed by atoms with E-state index in [-0.39, 0.29) is 0 Å². The van der Waals surface area contributed by atoms with Crippen LogP contribution in [0.3, 0.4) is 0 Å². The minimum absolute atomic E-state index is 0.511. The van der Waals surface area contributed by atoms with Gasteiger partial charge >= 0.3 is 0 Å². The van der Waals surface area contributed by atoms with Gasteiger partial charge in [0.05, 0.1) is 0 Å². The van der Waals surface area contributed by atoms with E-state index in [1.807, 2.05) is 29.3 Å². The van der Waals surface area contributed by atoms with Crippen LogP contribution in [0.25, 0.3) is 0 Å². The molecule has 0 unspecified atom stereocenters.